The Morgan fingerprint density at radius 3 is 2.17 bits per heavy atom. The van der Waals surface area contributed by atoms with Gasteiger partial charge in [0.15, 0.2) is 0 Å². The number of carbonyl (C=O) groups excluding carboxylic acids is 2. The van der Waals surface area contributed by atoms with E-state index in [1.165, 1.54) is 55.5 Å². The van der Waals surface area contributed by atoms with Crippen LogP contribution in [0.3, 0.4) is 0 Å². The topological polar surface area (TPSA) is 115 Å². The molecule has 0 fully saturated rings. The van der Waals surface area contributed by atoms with Crippen molar-refractivity contribution in [3.63, 3.8) is 0 Å². The van der Waals surface area contributed by atoms with E-state index in [0.29, 0.717) is 5.69 Å². The van der Waals surface area contributed by atoms with Crippen molar-refractivity contribution in [1.82, 2.24) is 0 Å². The molecule has 7 nitrogen and oxygen atoms in total. The average molecular weight is 333 g/mol. The first-order valence-electron chi connectivity index (χ1n) is 6.50. The lowest BCUT2D eigenvalue weighted by Crippen LogP contribution is -2.24. The van der Waals surface area contributed by atoms with Gasteiger partial charge in [-0.1, -0.05) is 18.2 Å². The number of anilines is 2. The highest BCUT2D eigenvalue weighted by atomic mass is 32.2. The Kier molecular flexibility index (Phi) is 4.65. The van der Waals surface area contributed by atoms with E-state index in [1.807, 2.05) is 0 Å². The van der Waals surface area contributed by atoms with E-state index < -0.39 is 16.0 Å². The van der Waals surface area contributed by atoms with E-state index in [0.717, 1.165) is 0 Å². The second-order valence-electron chi connectivity index (χ2n) is 4.64. The molecule has 0 heterocycles. The smallest absolute Gasteiger partial charge is 0.261 e. The van der Waals surface area contributed by atoms with E-state index in [2.05, 4.69) is 10.0 Å². The van der Waals surface area contributed by atoms with Crippen molar-refractivity contribution in [3.8, 4) is 0 Å². The highest BCUT2D eigenvalue weighted by Gasteiger charge is 2.16. The molecular formula is C15H13N2O5S-. The Bertz CT molecular complexity index is 844. The largest absolute Gasteiger partial charge is 0.545 e. The maximum Gasteiger partial charge on any atom is 0.261 e. The number of carbonyl (C=O) groups is 2. The molecule has 120 valence electrons. The van der Waals surface area contributed by atoms with Gasteiger partial charge in [-0.2, -0.15) is 0 Å². The number of rotatable bonds is 5. The van der Waals surface area contributed by atoms with Crippen molar-refractivity contribution in [2.45, 2.75) is 11.8 Å². The van der Waals surface area contributed by atoms with Crippen LogP contribution in [0.1, 0.15) is 17.3 Å². The zero-order valence-corrected chi connectivity index (χ0v) is 12.9. The van der Waals surface area contributed by atoms with Crippen LogP contribution < -0.4 is 15.1 Å². The molecular weight excluding hydrogens is 320 g/mol. The number of nitrogens with one attached hydrogen (secondary N) is 2. The molecule has 0 aliphatic carbocycles. The lowest BCUT2D eigenvalue weighted by molar-refractivity contribution is -0.254. The van der Waals surface area contributed by atoms with E-state index in [1.54, 1.807) is 0 Å². The number of para-hydroxylation sites is 1. The minimum absolute atomic E-state index is 0.0697. The van der Waals surface area contributed by atoms with Crippen LogP contribution in [0.4, 0.5) is 11.4 Å². The minimum Gasteiger partial charge on any atom is -0.545 e. The van der Waals surface area contributed by atoms with Crippen molar-refractivity contribution in [1.29, 1.82) is 0 Å². The number of hydrogen-bond donors (Lipinski definition) is 2. The van der Waals surface area contributed by atoms with Gasteiger partial charge >= 0.3 is 0 Å². The Balaban J connectivity index is 2.29. The monoisotopic (exact) mass is 333 g/mol. The number of amides is 1. The quantitative estimate of drug-likeness (QED) is 0.840. The SMILES string of the molecule is CC(=O)Nc1ccc(S(=O)(=O)Nc2ccccc2C(=O)[O-])cc1. The molecule has 0 aliphatic heterocycles. The molecule has 0 aliphatic rings. The number of sulfonamides is 1. The molecule has 1 amide bonds. The number of benzene rings is 2. The maximum atomic E-state index is 12.3. The van der Waals surface area contributed by atoms with Crippen LogP contribution in [-0.2, 0) is 14.8 Å². The number of carboxylic acids is 1. The van der Waals surface area contributed by atoms with Gasteiger partial charge in [0.2, 0.25) is 5.91 Å². The van der Waals surface area contributed by atoms with Crippen LogP contribution in [0.5, 0.6) is 0 Å². The predicted octanol–water partition coefficient (Wildman–Crippen LogP) is 0.809. The summed E-state index contributed by atoms with van der Waals surface area (Å²) in [6.45, 7) is 1.34. The molecule has 0 unspecified atom stereocenters. The molecule has 2 N–H and O–H groups in total. The van der Waals surface area contributed by atoms with Gasteiger partial charge in [0, 0.05) is 18.2 Å². The summed E-state index contributed by atoms with van der Waals surface area (Å²) in [6, 6.07) is 11.0. The van der Waals surface area contributed by atoms with Gasteiger partial charge in [-0.05, 0) is 30.3 Å². The molecule has 0 bridgehead atoms. The summed E-state index contributed by atoms with van der Waals surface area (Å²) in [6.07, 6.45) is 0. The number of carboxylic acid groups (broad SMARTS) is 1. The van der Waals surface area contributed by atoms with Gasteiger partial charge in [-0.15, -0.1) is 0 Å². The Morgan fingerprint density at radius 1 is 1.00 bits per heavy atom. The molecule has 23 heavy (non-hydrogen) atoms. The second-order valence-corrected chi connectivity index (χ2v) is 6.33. The molecule has 2 aromatic carbocycles. The Hall–Kier alpha value is -2.87. The minimum atomic E-state index is -3.97. The third-order valence-electron chi connectivity index (χ3n) is 2.88. The van der Waals surface area contributed by atoms with Crippen LogP contribution >= 0.6 is 0 Å². The normalized spacial score (nSPS) is 10.8. The van der Waals surface area contributed by atoms with E-state index in [-0.39, 0.29) is 22.1 Å². The zero-order valence-electron chi connectivity index (χ0n) is 12.1. The Morgan fingerprint density at radius 2 is 1.61 bits per heavy atom. The van der Waals surface area contributed by atoms with Gasteiger partial charge in [-0.25, -0.2) is 8.42 Å². The first-order valence-corrected chi connectivity index (χ1v) is 7.99. The second kappa shape index (κ2) is 6.49. The summed E-state index contributed by atoms with van der Waals surface area (Å²) in [4.78, 5) is 21.9. The van der Waals surface area contributed by atoms with Gasteiger partial charge in [0.05, 0.1) is 16.6 Å². The molecule has 0 spiro atoms. The van der Waals surface area contributed by atoms with Crippen LogP contribution in [0.2, 0.25) is 0 Å². The first kappa shape index (κ1) is 16.5. The van der Waals surface area contributed by atoms with Crippen molar-refractivity contribution in [3.05, 3.63) is 54.1 Å². The third kappa shape index (κ3) is 4.07. The standard InChI is InChI=1S/C15H14N2O5S/c1-10(18)16-11-6-8-12(9-7-11)23(21,22)17-14-5-3-2-4-13(14)15(19)20/h2-9,17H,1H3,(H,16,18)(H,19,20)/p-1. The van der Waals surface area contributed by atoms with Crippen LogP contribution in [0, 0.1) is 0 Å². The summed E-state index contributed by atoms with van der Waals surface area (Å²) < 4.78 is 26.8. The van der Waals surface area contributed by atoms with Crippen molar-refractivity contribution >= 4 is 33.3 Å². The molecule has 0 radical (unpaired) electrons. The van der Waals surface area contributed by atoms with E-state index >= 15 is 0 Å². The molecule has 0 saturated heterocycles. The number of hydrogen-bond acceptors (Lipinski definition) is 5. The molecule has 2 aromatic rings. The summed E-state index contributed by atoms with van der Waals surface area (Å²) in [5.41, 5.74) is 0.107. The lowest BCUT2D eigenvalue weighted by atomic mass is 10.2. The van der Waals surface area contributed by atoms with Crippen molar-refractivity contribution in [2.75, 3.05) is 10.0 Å². The number of aromatic carboxylic acids is 1. The predicted molar refractivity (Wildman–Crippen MR) is 82.3 cm³/mol. The summed E-state index contributed by atoms with van der Waals surface area (Å²) in [5, 5.41) is 13.5. The first-order chi connectivity index (χ1) is 10.8. The van der Waals surface area contributed by atoms with Crippen LogP contribution in [-0.4, -0.2) is 20.3 Å². The average Bonchev–Trinajstić information content (AvgIpc) is 2.47. The maximum absolute atomic E-state index is 12.3. The fourth-order valence-corrected chi connectivity index (χ4v) is 2.95. The summed E-state index contributed by atoms with van der Waals surface area (Å²) in [7, 11) is -3.97. The third-order valence-corrected chi connectivity index (χ3v) is 4.26. The molecule has 8 heteroatoms. The zero-order chi connectivity index (χ0) is 17.0. The fraction of sp³-hybridized carbons (Fsp3) is 0.0667. The fourth-order valence-electron chi connectivity index (χ4n) is 1.87. The molecule has 0 saturated carbocycles. The van der Waals surface area contributed by atoms with Gasteiger partial charge in [0.25, 0.3) is 10.0 Å². The summed E-state index contributed by atoms with van der Waals surface area (Å²) in [5.74, 6) is -1.76. The Labute approximate surface area is 133 Å². The molecule has 0 atom stereocenters. The highest BCUT2D eigenvalue weighted by Crippen LogP contribution is 2.21. The van der Waals surface area contributed by atoms with E-state index in [9.17, 15) is 23.1 Å². The summed E-state index contributed by atoms with van der Waals surface area (Å²) >= 11 is 0. The van der Waals surface area contributed by atoms with Gasteiger partial charge in [-0.3, -0.25) is 9.52 Å². The van der Waals surface area contributed by atoms with Crippen molar-refractivity contribution in [2.24, 2.45) is 0 Å². The van der Waals surface area contributed by atoms with E-state index in [4.69, 9.17) is 0 Å². The van der Waals surface area contributed by atoms with Crippen molar-refractivity contribution < 1.29 is 23.1 Å². The lowest BCUT2D eigenvalue weighted by Gasteiger charge is -2.13. The van der Waals surface area contributed by atoms with Gasteiger partial charge in [0.1, 0.15) is 0 Å². The van der Waals surface area contributed by atoms with Crippen LogP contribution in [0.25, 0.3) is 0 Å². The highest BCUT2D eigenvalue weighted by molar-refractivity contribution is 7.92. The molecule has 0 aromatic heterocycles. The molecule has 2 rings (SSSR count). The van der Waals surface area contributed by atoms with Crippen LogP contribution in [0.15, 0.2) is 53.4 Å². The van der Waals surface area contributed by atoms with Gasteiger partial charge < -0.3 is 15.2 Å².